The topological polar surface area (TPSA) is 104 Å². The van der Waals surface area contributed by atoms with Crippen molar-refractivity contribution in [3.63, 3.8) is 0 Å². The summed E-state index contributed by atoms with van der Waals surface area (Å²) in [6.07, 6.45) is 3.83. The number of carbonyl (C=O) groups is 3. The number of hydrogen-bond donors (Lipinski definition) is 0. The predicted molar refractivity (Wildman–Crippen MR) is 145 cm³/mol. The molecule has 1 aromatic carbocycles. The summed E-state index contributed by atoms with van der Waals surface area (Å²) in [7, 11) is 1.62. The molecule has 0 radical (unpaired) electrons. The van der Waals surface area contributed by atoms with Gasteiger partial charge < -0.3 is 14.2 Å². The lowest BCUT2D eigenvalue weighted by atomic mass is 9.69. The van der Waals surface area contributed by atoms with Crippen molar-refractivity contribution in [3.05, 3.63) is 41.0 Å². The molecule has 2 rings (SSSR count). The third-order valence-electron chi connectivity index (χ3n) is 6.04. The molecule has 0 N–H and O–H groups in total. The van der Waals surface area contributed by atoms with Crippen LogP contribution in [0.15, 0.2) is 39.8 Å². The highest BCUT2D eigenvalue weighted by Gasteiger charge is 2.49. The van der Waals surface area contributed by atoms with Crippen LogP contribution < -0.4 is 0 Å². The van der Waals surface area contributed by atoms with E-state index in [0.717, 1.165) is 5.56 Å². The van der Waals surface area contributed by atoms with E-state index < -0.39 is 47.3 Å². The summed E-state index contributed by atoms with van der Waals surface area (Å²) in [5.74, 6) is -3.62. The zero-order valence-corrected chi connectivity index (χ0v) is 23.2. The monoisotopic (exact) mass is 512 g/mol. The molecule has 0 aliphatic carbocycles. The highest BCUT2D eigenvalue weighted by Crippen LogP contribution is 2.43. The van der Waals surface area contributed by atoms with E-state index in [1.807, 2.05) is 52.0 Å². The number of nitrogens with zero attached hydrogens (tertiary/aromatic N) is 2. The number of aliphatic imine (C=N–C) groups is 2. The fraction of sp³-hybridized carbons (Fsp3) is 0.552. The first-order valence-corrected chi connectivity index (χ1v) is 12.8. The molecule has 1 heterocycles. The van der Waals surface area contributed by atoms with Crippen molar-refractivity contribution in [3.8, 4) is 0 Å². The summed E-state index contributed by atoms with van der Waals surface area (Å²) < 4.78 is 16.5. The smallest absolute Gasteiger partial charge is 0.334 e. The Labute approximate surface area is 220 Å². The molecule has 8 nitrogen and oxygen atoms in total. The van der Waals surface area contributed by atoms with Crippen molar-refractivity contribution in [1.29, 1.82) is 0 Å². The van der Waals surface area contributed by atoms with Gasteiger partial charge in [-0.1, -0.05) is 31.2 Å². The van der Waals surface area contributed by atoms with Gasteiger partial charge in [0, 0.05) is 30.5 Å². The predicted octanol–water partition coefficient (Wildman–Crippen LogP) is 4.81. The van der Waals surface area contributed by atoms with Crippen LogP contribution in [0.5, 0.6) is 0 Å². The van der Waals surface area contributed by atoms with Crippen LogP contribution in [-0.2, 0) is 28.6 Å². The fourth-order valence-electron chi connectivity index (χ4n) is 4.58. The van der Waals surface area contributed by atoms with Gasteiger partial charge in [0.15, 0.2) is 0 Å². The number of esters is 3. The molecule has 8 heteroatoms. The quantitative estimate of drug-likeness (QED) is 0.204. The van der Waals surface area contributed by atoms with E-state index in [2.05, 4.69) is 9.98 Å². The molecular formula is C29H40N2O6. The molecule has 1 aliphatic rings. The molecule has 0 bridgehead atoms. The average Bonchev–Trinajstić information content (AvgIpc) is 2.81. The molecule has 37 heavy (non-hydrogen) atoms. The molecule has 1 aliphatic heterocycles. The highest BCUT2D eigenvalue weighted by molar-refractivity contribution is 6.05. The number of hydrogen-bond acceptors (Lipinski definition) is 8. The minimum absolute atomic E-state index is 0.186. The van der Waals surface area contributed by atoms with Gasteiger partial charge in [0.25, 0.3) is 0 Å². The third-order valence-corrected chi connectivity index (χ3v) is 6.04. The molecule has 0 saturated carbocycles. The standard InChI is InChI=1S/C29H40N2O6/c1-9-19(26(32)37-29(5,6)7)16-20-14-12-13-15-21(20)24-23(27(33)35-10-2)18(4)31-22(17-30-8)25(24)28(34)36-11-3/h12-17,22-25H,9-11H2,1-8H3. The van der Waals surface area contributed by atoms with Crippen molar-refractivity contribution in [2.75, 3.05) is 20.3 Å². The third kappa shape index (κ3) is 7.60. The van der Waals surface area contributed by atoms with Gasteiger partial charge in [-0.25, -0.2) is 4.79 Å². The van der Waals surface area contributed by atoms with Gasteiger partial charge >= 0.3 is 17.9 Å². The Kier molecular flexibility index (Phi) is 10.8. The summed E-state index contributed by atoms with van der Waals surface area (Å²) in [4.78, 5) is 48.3. The van der Waals surface area contributed by atoms with Crippen molar-refractivity contribution in [2.45, 2.75) is 72.4 Å². The molecular weight excluding hydrogens is 472 g/mol. The number of ether oxygens (including phenoxy) is 3. The normalized spacial score (nSPS) is 22.4. The van der Waals surface area contributed by atoms with E-state index >= 15 is 0 Å². The van der Waals surface area contributed by atoms with Gasteiger partial charge in [-0.05, 0) is 65.2 Å². The van der Waals surface area contributed by atoms with Gasteiger partial charge in [0.1, 0.15) is 11.5 Å². The molecule has 0 spiro atoms. The van der Waals surface area contributed by atoms with E-state index in [-0.39, 0.29) is 13.2 Å². The van der Waals surface area contributed by atoms with Crippen molar-refractivity contribution in [1.82, 2.24) is 0 Å². The van der Waals surface area contributed by atoms with E-state index in [9.17, 15) is 14.4 Å². The number of carbonyl (C=O) groups excluding carboxylic acids is 3. The molecule has 0 fully saturated rings. The van der Waals surface area contributed by atoms with Gasteiger partial charge in [-0.15, -0.1) is 0 Å². The molecule has 0 aromatic heterocycles. The molecule has 1 aromatic rings. The average molecular weight is 513 g/mol. The largest absolute Gasteiger partial charge is 0.466 e. The highest BCUT2D eigenvalue weighted by atomic mass is 16.6. The van der Waals surface area contributed by atoms with Gasteiger partial charge in [-0.2, -0.15) is 0 Å². The van der Waals surface area contributed by atoms with E-state index in [1.54, 1.807) is 40.1 Å². The van der Waals surface area contributed by atoms with Crippen LogP contribution >= 0.6 is 0 Å². The SMILES string of the molecule is CCOC(=O)C1C(C)=NC(C=NC)C(C(=O)OCC)C1c1ccccc1C=C(CC)C(=O)OC(C)(C)C. The second-order valence-corrected chi connectivity index (χ2v) is 9.86. The fourth-order valence-corrected chi connectivity index (χ4v) is 4.58. The molecule has 4 atom stereocenters. The zero-order chi connectivity index (χ0) is 27.8. The van der Waals surface area contributed by atoms with Crippen molar-refractivity contribution in [2.24, 2.45) is 21.8 Å². The summed E-state index contributed by atoms with van der Waals surface area (Å²) in [5, 5.41) is 0. The van der Waals surface area contributed by atoms with E-state index in [1.165, 1.54) is 0 Å². The van der Waals surface area contributed by atoms with Gasteiger partial charge in [0.2, 0.25) is 0 Å². The Hall–Kier alpha value is -3.29. The Morgan fingerprint density at radius 3 is 2.22 bits per heavy atom. The van der Waals surface area contributed by atoms with E-state index in [4.69, 9.17) is 14.2 Å². The van der Waals surface area contributed by atoms with Crippen LogP contribution in [0.25, 0.3) is 6.08 Å². The van der Waals surface area contributed by atoms with Crippen LogP contribution in [-0.4, -0.2) is 61.7 Å². The van der Waals surface area contributed by atoms with Crippen LogP contribution in [0.2, 0.25) is 0 Å². The maximum Gasteiger partial charge on any atom is 0.334 e. The zero-order valence-electron chi connectivity index (χ0n) is 23.2. The minimum atomic E-state index is -0.817. The summed E-state index contributed by atoms with van der Waals surface area (Å²) in [6.45, 7) is 13.0. The van der Waals surface area contributed by atoms with Crippen molar-refractivity contribution >= 4 is 35.9 Å². The first kappa shape index (κ1) is 29.9. The summed E-state index contributed by atoms with van der Waals surface area (Å²) in [6, 6.07) is 6.82. The van der Waals surface area contributed by atoms with Crippen LogP contribution in [0.1, 0.15) is 71.9 Å². The Bertz CT molecular complexity index is 1070. The van der Waals surface area contributed by atoms with Crippen LogP contribution in [0.4, 0.5) is 0 Å². The molecule has 0 amide bonds. The lowest BCUT2D eigenvalue weighted by molar-refractivity contribution is -0.153. The summed E-state index contributed by atoms with van der Waals surface area (Å²) in [5.41, 5.74) is 1.82. The second kappa shape index (κ2) is 13.3. The molecule has 202 valence electrons. The lowest BCUT2D eigenvalue weighted by Crippen LogP contribution is -2.47. The first-order chi connectivity index (χ1) is 17.5. The van der Waals surface area contributed by atoms with E-state index in [0.29, 0.717) is 23.3 Å². The number of rotatable bonds is 9. The maximum atomic E-state index is 13.4. The van der Waals surface area contributed by atoms with Gasteiger partial charge in [-0.3, -0.25) is 19.6 Å². The Morgan fingerprint density at radius 1 is 1.03 bits per heavy atom. The molecule has 0 saturated heterocycles. The first-order valence-electron chi connectivity index (χ1n) is 12.8. The number of benzene rings is 1. The van der Waals surface area contributed by atoms with Gasteiger partial charge in [0.05, 0.1) is 25.2 Å². The maximum absolute atomic E-state index is 13.4. The van der Waals surface area contributed by atoms with Crippen LogP contribution in [0.3, 0.4) is 0 Å². The molecule has 4 unspecified atom stereocenters. The Balaban J connectivity index is 2.78. The Morgan fingerprint density at radius 2 is 1.65 bits per heavy atom. The van der Waals surface area contributed by atoms with Crippen molar-refractivity contribution < 1.29 is 28.6 Å². The van der Waals surface area contributed by atoms with Crippen LogP contribution in [0, 0.1) is 11.8 Å². The second-order valence-electron chi connectivity index (χ2n) is 9.86. The minimum Gasteiger partial charge on any atom is -0.466 e. The lowest BCUT2D eigenvalue weighted by Gasteiger charge is -2.38. The summed E-state index contributed by atoms with van der Waals surface area (Å²) >= 11 is 0.